The highest BCUT2D eigenvalue weighted by Crippen LogP contribution is 2.40. The summed E-state index contributed by atoms with van der Waals surface area (Å²) in [5.74, 6) is -0.966. The number of benzene rings is 3. The minimum absolute atomic E-state index is 0.420. The molecular formula is C27H27N3O2. The van der Waals surface area contributed by atoms with Crippen molar-refractivity contribution in [3.8, 4) is 0 Å². The van der Waals surface area contributed by atoms with Crippen molar-refractivity contribution in [3.05, 3.63) is 126 Å². The summed E-state index contributed by atoms with van der Waals surface area (Å²) in [7, 11) is 0. The Hall–Kier alpha value is -3.70. The Kier molecular flexibility index (Phi) is 6.47. The first-order chi connectivity index (χ1) is 15.6. The summed E-state index contributed by atoms with van der Waals surface area (Å²) in [6.45, 7) is 0. The third-order valence-corrected chi connectivity index (χ3v) is 5.86. The molecule has 32 heavy (non-hydrogen) atoms. The van der Waals surface area contributed by atoms with E-state index >= 15 is 0 Å². The number of aromatic nitrogens is 2. The molecular weight excluding hydrogens is 398 g/mol. The molecule has 0 spiro atoms. The Bertz CT molecular complexity index is 1040. The van der Waals surface area contributed by atoms with E-state index in [-0.39, 0.29) is 0 Å². The number of aryl methyl sites for hydroxylation is 1. The van der Waals surface area contributed by atoms with Crippen molar-refractivity contribution in [2.75, 3.05) is 0 Å². The van der Waals surface area contributed by atoms with Crippen LogP contribution in [0.15, 0.2) is 104 Å². The third-order valence-electron chi connectivity index (χ3n) is 5.86. The van der Waals surface area contributed by atoms with Crippen LogP contribution in [-0.4, -0.2) is 26.7 Å². The van der Waals surface area contributed by atoms with Gasteiger partial charge in [0.2, 0.25) is 0 Å². The molecule has 0 fully saturated rings. The van der Waals surface area contributed by atoms with Crippen molar-refractivity contribution < 1.29 is 9.90 Å². The van der Waals surface area contributed by atoms with Gasteiger partial charge in [-0.3, -0.25) is 4.79 Å². The van der Waals surface area contributed by atoms with E-state index in [0.29, 0.717) is 19.3 Å². The zero-order valence-electron chi connectivity index (χ0n) is 17.8. The Morgan fingerprint density at radius 3 is 1.78 bits per heavy atom. The molecule has 162 valence electrons. The summed E-state index contributed by atoms with van der Waals surface area (Å²) in [5, 5.41) is 9.02. The molecule has 3 aromatic carbocycles. The molecule has 0 radical (unpaired) electrons. The third kappa shape index (κ3) is 4.20. The van der Waals surface area contributed by atoms with Crippen LogP contribution in [0.2, 0.25) is 0 Å². The zero-order chi connectivity index (χ0) is 22.4. The molecule has 5 heteroatoms. The van der Waals surface area contributed by atoms with Crippen LogP contribution in [0.1, 0.15) is 35.2 Å². The van der Waals surface area contributed by atoms with Gasteiger partial charge in [-0.05, 0) is 36.0 Å². The van der Waals surface area contributed by atoms with Gasteiger partial charge in [0.15, 0.2) is 0 Å². The molecule has 0 bridgehead atoms. The summed E-state index contributed by atoms with van der Waals surface area (Å²) < 4.78 is 2.17. The van der Waals surface area contributed by atoms with Crippen LogP contribution in [0.5, 0.6) is 0 Å². The van der Waals surface area contributed by atoms with Crippen LogP contribution in [0.3, 0.4) is 0 Å². The number of carboxylic acids is 1. The van der Waals surface area contributed by atoms with Gasteiger partial charge in [-0.1, -0.05) is 91.0 Å². The first-order valence-corrected chi connectivity index (χ1v) is 10.8. The lowest BCUT2D eigenvalue weighted by Gasteiger charge is -2.37. The topological polar surface area (TPSA) is 81.1 Å². The lowest BCUT2D eigenvalue weighted by molar-refractivity contribution is -0.138. The number of nitrogens with two attached hydrogens (primary N) is 1. The van der Waals surface area contributed by atoms with Crippen LogP contribution >= 0.6 is 0 Å². The molecule has 0 saturated heterocycles. The first-order valence-electron chi connectivity index (χ1n) is 10.8. The van der Waals surface area contributed by atoms with Gasteiger partial charge >= 0.3 is 5.97 Å². The number of aliphatic carboxylic acids is 1. The van der Waals surface area contributed by atoms with Crippen molar-refractivity contribution in [1.82, 2.24) is 9.55 Å². The van der Waals surface area contributed by atoms with Crippen molar-refractivity contribution in [2.24, 2.45) is 5.73 Å². The predicted octanol–water partition coefficient (Wildman–Crippen LogP) is 4.46. The molecule has 0 amide bonds. The molecule has 4 aromatic rings. The summed E-state index contributed by atoms with van der Waals surface area (Å²) in [6, 6.07) is 30.4. The summed E-state index contributed by atoms with van der Waals surface area (Å²) in [6.07, 6.45) is 5.70. The largest absolute Gasteiger partial charge is 0.480 e. The van der Waals surface area contributed by atoms with E-state index in [2.05, 4.69) is 88.5 Å². The maximum absolute atomic E-state index is 11.0. The van der Waals surface area contributed by atoms with Crippen LogP contribution in [-0.2, 0) is 16.8 Å². The first kappa shape index (κ1) is 21.5. The van der Waals surface area contributed by atoms with Crippen molar-refractivity contribution in [2.45, 2.75) is 30.8 Å². The normalized spacial score (nSPS) is 12.4. The molecule has 4 rings (SSSR count). The molecule has 0 aliphatic carbocycles. The fraction of sp³-hybridized carbons (Fsp3) is 0.185. The minimum Gasteiger partial charge on any atom is -0.480 e. The average Bonchev–Trinajstić information content (AvgIpc) is 3.30. The molecule has 3 N–H and O–H groups in total. The van der Waals surface area contributed by atoms with E-state index in [0.717, 1.165) is 22.4 Å². The van der Waals surface area contributed by atoms with Crippen LogP contribution in [0.4, 0.5) is 0 Å². The molecule has 5 nitrogen and oxygen atoms in total. The second-order valence-electron chi connectivity index (χ2n) is 7.92. The quantitative estimate of drug-likeness (QED) is 0.388. The second-order valence-corrected chi connectivity index (χ2v) is 7.92. The fourth-order valence-corrected chi connectivity index (χ4v) is 4.29. The van der Waals surface area contributed by atoms with Gasteiger partial charge in [0.1, 0.15) is 11.6 Å². The molecule has 1 heterocycles. The highest BCUT2D eigenvalue weighted by molar-refractivity contribution is 5.72. The number of rotatable bonds is 9. The Balaban J connectivity index is 1.81. The van der Waals surface area contributed by atoms with Crippen LogP contribution in [0.25, 0.3) is 0 Å². The highest BCUT2D eigenvalue weighted by atomic mass is 16.4. The molecule has 0 aliphatic rings. The van der Waals surface area contributed by atoms with E-state index < -0.39 is 17.6 Å². The van der Waals surface area contributed by atoms with Gasteiger partial charge in [-0.15, -0.1) is 0 Å². The summed E-state index contributed by atoms with van der Waals surface area (Å²) in [4.78, 5) is 15.7. The molecule has 1 atom stereocenters. The van der Waals surface area contributed by atoms with Crippen molar-refractivity contribution >= 4 is 5.97 Å². The van der Waals surface area contributed by atoms with Crippen LogP contribution < -0.4 is 5.73 Å². The summed E-state index contributed by atoms with van der Waals surface area (Å²) >= 11 is 0. The number of carboxylic acid groups (broad SMARTS) is 1. The predicted molar refractivity (Wildman–Crippen MR) is 125 cm³/mol. The van der Waals surface area contributed by atoms with Crippen LogP contribution in [0, 0.1) is 0 Å². The molecule has 0 saturated carbocycles. The summed E-state index contributed by atoms with van der Waals surface area (Å²) in [5.41, 5.74) is 9.38. The van der Waals surface area contributed by atoms with Crippen molar-refractivity contribution in [1.29, 1.82) is 0 Å². The van der Waals surface area contributed by atoms with Gasteiger partial charge in [0.25, 0.3) is 0 Å². The van der Waals surface area contributed by atoms with Gasteiger partial charge in [0.05, 0.1) is 12.0 Å². The molecule has 0 unspecified atom stereocenters. The van der Waals surface area contributed by atoms with E-state index in [1.807, 2.05) is 24.5 Å². The Labute approximate surface area is 188 Å². The van der Waals surface area contributed by atoms with Gasteiger partial charge in [-0.2, -0.15) is 0 Å². The SMILES string of the molecule is N[C@@H](CCCc1cn(C(c2ccccc2)(c2ccccc2)c2ccccc2)cn1)C(=O)O. The lowest BCUT2D eigenvalue weighted by atomic mass is 9.77. The maximum atomic E-state index is 11.0. The van der Waals surface area contributed by atoms with E-state index in [1.54, 1.807) is 0 Å². The average molecular weight is 426 g/mol. The van der Waals surface area contributed by atoms with Gasteiger partial charge in [-0.25, -0.2) is 4.98 Å². The number of imidazole rings is 1. The maximum Gasteiger partial charge on any atom is 0.320 e. The number of hydrogen-bond acceptors (Lipinski definition) is 3. The molecule has 1 aromatic heterocycles. The Morgan fingerprint density at radius 1 is 0.875 bits per heavy atom. The minimum atomic E-state index is -0.966. The zero-order valence-corrected chi connectivity index (χ0v) is 17.8. The van der Waals surface area contributed by atoms with Crippen molar-refractivity contribution in [3.63, 3.8) is 0 Å². The number of carbonyl (C=O) groups is 1. The van der Waals surface area contributed by atoms with E-state index in [9.17, 15) is 4.79 Å². The number of hydrogen-bond donors (Lipinski definition) is 2. The molecule has 0 aliphatic heterocycles. The van der Waals surface area contributed by atoms with Gasteiger partial charge < -0.3 is 15.4 Å². The highest BCUT2D eigenvalue weighted by Gasteiger charge is 2.38. The Morgan fingerprint density at radius 2 is 1.34 bits per heavy atom. The number of nitrogens with zero attached hydrogens (tertiary/aromatic N) is 2. The standard InChI is InChI=1S/C27H27N3O2/c28-25(26(31)32)18-10-17-24-19-30(20-29-24)27(21-11-4-1-5-12-21,22-13-6-2-7-14-22)23-15-8-3-9-16-23/h1-9,11-16,19-20,25H,10,17-18,28H2,(H,31,32)/t25-/m0/s1. The van der Waals surface area contributed by atoms with E-state index in [1.165, 1.54) is 0 Å². The lowest BCUT2D eigenvalue weighted by Crippen LogP contribution is -2.36. The second kappa shape index (κ2) is 9.62. The smallest absolute Gasteiger partial charge is 0.320 e. The fourth-order valence-electron chi connectivity index (χ4n) is 4.29. The monoisotopic (exact) mass is 425 g/mol. The van der Waals surface area contributed by atoms with E-state index in [4.69, 9.17) is 10.8 Å². The van der Waals surface area contributed by atoms with Gasteiger partial charge in [0, 0.05) is 6.20 Å².